The Hall–Kier alpha value is -1.52. The lowest BCUT2D eigenvalue weighted by atomic mass is 10.2. The van der Waals surface area contributed by atoms with Crippen LogP contribution in [0.25, 0.3) is 0 Å². The van der Waals surface area contributed by atoms with E-state index in [1.54, 1.807) is 6.07 Å². The summed E-state index contributed by atoms with van der Waals surface area (Å²) in [5.74, 6) is -1.69. The Morgan fingerprint density at radius 1 is 0.842 bits per heavy atom. The zero-order valence-corrected chi connectivity index (χ0v) is 10.6. The quantitative estimate of drug-likeness (QED) is 0.894. The Morgan fingerprint density at radius 3 is 2.11 bits per heavy atom. The van der Waals surface area contributed by atoms with E-state index in [0.29, 0.717) is 18.7 Å². The highest BCUT2D eigenvalue weighted by Crippen LogP contribution is 2.16. The fraction of sp³-hybridized carbons (Fsp3) is 0.143. The first-order chi connectivity index (χ1) is 9.04. The molecule has 19 heavy (non-hydrogen) atoms. The summed E-state index contributed by atoms with van der Waals surface area (Å²) in [6.07, 6.45) is 0. The second-order valence-corrected chi connectivity index (χ2v) is 4.54. The lowest BCUT2D eigenvalue weighted by molar-refractivity contribution is 0.575. The molecular weight excluding hydrogens is 275 g/mol. The van der Waals surface area contributed by atoms with Gasteiger partial charge in [-0.1, -0.05) is 17.7 Å². The SMILES string of the molecule is Fc1cc(F)cc(CNCc2ccc(F)c(Cl)c2)c1. The van der Waals surface area contributed by atoms with Crippen LogP contribution in [0.15, 0.2) is 36.4 Å². The molecule has 0 aliphatic carbocycles. The third-order valence-corrected chi connectivity index (χ3v) is 2.85. The molecule has 0 amide bonds. The van der Waals surface area contributed by atoms with E-state index in [9.17, 15) is 13.2 Å². The second kappa shape index (κ2) is 6.08. The first kappa shape index (κ1) is 13.9. The molecule has 0 aliphatic rings. The van der Waals surface area contributed by atoms with E-state index in [1.807, 2.05) is 0 Å². The molecule has 1 N–H and O–H groups in total. The molecule has 0 aliphatic heterocycles. The molecule has 0 saturated heterocycles. The Labute approximate surface area is 114 Å². The van der Waals surface area contributed by atoms with Gasteiger partial charge in [0.05, 0.1) is 5.02 Å². The molecule has 0 spiro atoms. The summed E-state index contributed by atoms with van der Waals surface area (Å²) >= 11 is 5.65. The van der Waals surface area contributed by atoms with Crippen molar-refractivity contribution in [2.75, 3.05) is 0 Å². The first-order valence-corrected chi connectivity index (χ1v) is 6.02. The van der Waals surface area contributed by atoms with Crippen LogP contribution in [0.1, 0.15) is 11.1 Å². The van der Waals surface area contributed by atoms with Crippen molar-refractivity contribution in [3.05, 3.63) is 70.0 Å². The maximum absolute atomic E-state index is 12.9. The Kier molecular flexibility index (Phi) is 4.45. The largest absolute Gasteiger partial charge is 0.309 e. The number of halogens is 4. The van der Waals surface area contributed by atoms with Crippen LogP contribution < -0.4 is 5.32 Å². The predicted octanol–water partition coefficient (Wildman–Crippen LogP) is 4.05. The zero-order chi connectivity index (χ0) is 13.8. The second-order valence-electron chi connectivity index (χ2n) is 4.13. The topological polar surface area (TPSA) is 12.0 Å². The van der Waals surface area contributed by atoms with Crippen LogP contribution >= 0.6 is 11.6 Å². The van der Waals surface area contributed by atoms with Crippen LogP contribution in [-0.2, 0) is 13.1 Å². The molecule has 2 aromatic carbocycles. The van der Waals surface area contributed by atoms with Crippen LogP contribution in [0.3, 0.4) is 0 Å². The monoisotopic (exact) mass is 285 g/mol. The van der Waals surface area contributed by atoms with Crippen molar-refractivity contribution in [3.8, 4) is 0 Å². The summed E-state index contributed by atoms with van der Waals surface area (Å²) in [7, 11) is 0. The maximum Gasteiger partial charge on any atom is 0.141 e. The standard InChI is InChI=1S/C14H11ClF3N/c15-13-5-9(1-2-14(13)18)7-19-8-10-3-11(16)6-12(17)4-10/h1-6,19H,7-8H2. The van der Waals surface area contributed by atoms with Crippen LogP contribution in [0.5, 0.6) is 0 Å². The Morgan fingerprint density at radius 2 is 1.47 bits per heavy atom. The summed E-state index contributed by atoms with van der Waals surface area (Å²) < 4.78 is 38.8. The van der Waals surface area contributed by atoms with Crippen LogP contribution in [0.2, 0.25) is 5.02 Å². The average Bonchev–Trinajstić information content (AvgIpc) is 2.32. The summed E-state index contributed by atoms with van der Waals surface area (Å²) in [6.45, 7) is 0.738. The number of rotatable bonds is 4. The lowest BCUT2D eigenvalue weighted by Crippen LogP contribution is -2.13. The van der Waals surface area contributed by atoms with Crippen molar-refractivity contribution >= 4 is 11.6 Å². The lowest BCUT2D eigenvalue weighted by Gasteiger charge is -2.06. The van der Waals surface area contributed by atoms with Gasteiger partial charge in [-0.15, -0.1) is 0 Å². The van der Waals surface area contributed by atoms with Crippen LogP contribution in [0, 0.1) is 17.5 Å². The molecule has 0 unspecified atom stereocenters. The van der Waals surface area contributed by atoms with E-state index in [0.717, 1.165) is 11.6 Å². The normalized spacial score (nSPS) is 10.7. The van der Waals surface area contributed by atoms with Crippen molar-refractivity contribution in [1.29, 1.82) is 0 Å². The summed E-state index contributed by atoms with van der Waals surface area (Å²) in [5.41, 5.74) is 1.30. The molecule has 0 saturated carbocycles. The Bertz CT molecular complexity index is 567. The molecule has 1 nitrogen and oxygen atoms in total. The molecule has 0 heterocycles. The van der Waals surface area contributed by atoms with Crippen LogP contribution in [0.4, 0.5) is 13.2 Å². The summed E-state index contributed by atoms with van der Waals surface area (Å²) in [5, 5.41) is 3.06. The van der Waals surface area contributed by atoms with Crippen molar-refractivity contribution in [3.63, 3.8) is 0 Å². The van der Waals surface area contributed by atoms with Gasteiger partial charge in [0.1, 0.15) is 17.5 Å². The minimum atomic E-state index is -0.610. The van der Waals surface area contributed by atoms with Gasteiger partial charge in [0.25, 0.3) is 0 Å². The van der Waals surface area contributed by atoms with Gasteiger partial charge in [0.2, 0.25) is 0 Å². The molecule has 0 bridgehead atoms. The molecule has 2 aromatic rings. The van der Waals surface area contributed by atoms with Gasteiger partial charge in [-0.25, -0.2) is 13.2 Å². The molecule has 0 fully saturated rings. The van der Waals surface area contributed by atoms with Crippen molar-refractivity contribution in [2.24, 2.45) is 0 Å². The van der Waals surface area contributed by atoms with Crippen molar-refractivity contribution in [1.82, 2.24) is 5.32 Å². The predicted molar refractivity (Wildman–Crippen MR) is 68.3 cm³/mol. The zero-order valence-electron chi connectivity index (χ0n) is 9.89. The fourth-order valence-electron chi connectivity index (χ4n) is 1.71. The van der Waals surface area contributed by atoms with E-state index in [-0.39, 0.29) is 5.02 Å². The number of hydrogen-bond acceptors (Lipinski definition) is 1. The summed E-state index contributed by atoms with van der Waals surface area (Å²) in [4.78, 5) is 0. The average molecular weight is 286 g/mol. The minimum Gasteiger partial charge on any atom is -0.309 e. The van der Waals surface area contributed by atoms with Gasteiger partial charge >= 0.3 is 0 Å². The molecule has 0 radical (unpaired) electrons. The van der Waals surface area contributed by atoms with E-state index in [4.69, 9.17) is 11.6 Å². The molecule has 0 aromatic heterocycles. The van der Waals surface area contributed by atoms with E-state index in [2.05, 4.69) is 5.32 Å². The highest BCUT2D eigenvalue weighted by atomic mass is 35.5. The molecule has 100 valence electrons. The molecule has 0 atom stereocenters. The molecular formula is C14H11ClF3N. The van der Waals surface area contributed by atoms with Gasteiger partial charge < -0.3 is 5.32 Å². The van der Waals surface area contributed by atoms with E-state index in [1.165, 1.54) is 24.3 Å². The van der Waals surface area contributed by atoms with Gasteiger partial charge in [-0.05, 0) is 35.4 Å². The number of hydrogen-bond donors (Lipinski definition) is 1. The van der Waals surface area contributed by atoms with Gasteiger partial charge in [-0.2, -0.15) is 0 Å². The maximum atomic E-state index is 12.9. The highest BCUT2D eigenvalue weighted by Gasteiger charge is 2.02. The van der Waals surface area contributed by atoms with Gasteiger partial charge in [-0.3, -0.25) is 0 Å². The van der Waals surface area contributed by atoms with Crippen LogP contribution in [-0.4, -0.2) is 0 Å². The Balaban J connectivity index is 1.94. The van der Waals surface area contributed by atoms with E-state index >= 15 is 0 Å². The fourth-order valence-corrected chi connectivity index (χ4v) is 1.92. The third kappa shape index (κ3) is 3.98. The highest BCUT2D eigenvalue weighted by molar-refractivity contribution is 6.30. The van der Waals surface area contributed by atoms with Crippen molar-refractivity contribution in [2.45, 2.75) is 13.1 Å². The molecule has 5 heteroatoms. The summed E-state index contributed by atoms with van der Waals surface area (Å²) in [6, 6.07) is 7.72. The van der Waals surface area contributed by atoms with E-state index < -0.39 is 17.5 Å². The minimum absolute atomic E-state index is 0.0519. The number of benzene rings is 2. The van der Waals surface area contributed by atoms with Gasteiger partial charge in [0, 0.05) is 19.2 Å². The smallest absolute Gasteiger partial charge is 0.141 e. The van der Waals surface area contributed by atoms with Gasteiger partial charge in [0.15, 0.2) is 0 Å². The third-order valence-electron chi connectivity index (χ3n) is 2.56. The number of nitrogens with one attached hydrogen (secondary N) is 1. The van der Waals surface area contributed by atoms with Crippen molar-refractivity contribution < 1.29 is 13.2 Å². The molecule has 2 rings (SSSR count). The first-order valence-electron chi connectivity index (χ1n) is 5.64.